The molecule has 0 saturated heterocycles. The van der Waals surface area contributed by atoms with E-state index in [0.717, 1.165) is 21.1 Å². The maximum absolute atomic E-state index is 12.9. The third-order valence-electron chi connectivity index (χ3n) is 4.56. The van der Waals surface area contributed by atoms with Crippen molar-refractivity contribution in [3.8, 4) is 17.1 Å². The minimum absolute atomic E-state index is 0.274. The predicted octanol–water partition coefficient (Wildman–Crippen LogP) is 6.22. The van der Waals surface area contributed by atoms with Crippen LogP contribution in [-0.2, 0) is 0 Å². The number of para-hydroxylation sites is 2. The lowest BCUT2D eigenvalue weighted by atomic mass is 10.1. The number of nitrogens with one attached hydrogen (secondary N) is 2. The Morgan fingerprint density at radius 1 is 1.17 bits per heavy atom. The highest BCUT2D eigenvalue weighted by molar-refractivity contribution is 9.10. The van der Waals surface area contributed by atoms with Crippen molar-refractivity contribution in [1.82, 2.24) is 9.97 Å². The van der Waals surface area contributed by atoms with Gasteiger partial charge in [0.05, 0.1) is 28.7 Å². The van der Waals surface area contributed by atoms with Crippen molar-refractivity contribution in [2.24, 2.45) is 0 Å². The summed E-state index contributed by atoms with van der Waals surface area (Å²) in [5.41, 5.74) is 4.39. The second-order valence-electron chi connectivity index (χ2n) is 6.55. The Morgan fingerprint density at radius 2 is 1.97 bits per heavy atom. The molecule has 1 heterocycles. The maximum atomic E-state index is 12.9. The monoisotopic (exact) mass is 469 g/mol. The molecule has 7 heteroatoms. The number of aromatic nitrogens is 2. The van der Waals surface area contributed by atoms with Gasteiger partial charge in [0.2, 0.25) is 0 Å². The van der Waals surface area contributed by atoms with E-state index in [4.69, 9.17) is 16.3 Å². The molecule has 4 rings (SSSR count). The summed E-state index contributed by atoms with van der Waals surface area (Å²) in [7, 11) is 1.55. The average molecular weight is 471 g/mol. The van der Waals surface area contributed by atoms with Gasteiger partial charge in [-0.2, -0.15) is 0 Å². The number of nitrogens with zero attached hydrogens (tertiary/aromatic N) is 1. The van der Waals surface area contributed by atoms with Gasteiger partial charge in [0.1, 0.15) is 11.6 Å². The molecule has 4 aromatic rings. The number of methoxy groups -OCH3 is 1. The SMILES string of the molecule is COc1c(C)cc(Br)cc1C(=O)Nc1ccc(Cl)c(-c2nc3ccccc3[nH]2)c1. The highest BCUT2D eigenvalue weighted by Crippen LogP contribution is 2.32. The first-order valence-corrected chi connectivity index (χ1v) is 10.0. The summed E-state index contributed by atoms with van der Waals surface area (Å²) < 4.78 is 6.22. The molecule has 3 aromatic carbocycles. The zero-order valence-corrected chi connectivity index (χ0v) is 18.1. The van der Waals surface area contributed by atoms with Crippen molar-refractivity contribution in [1.29, 1.82) is 0 Å². The third kappa shape index (κ3) is 3.86. The Bertz CT molecular complexity index is 1200. The minimum Gasteiger partial charge on any atom is -0.496 e. The van der Waals surface area contributed by atoms with Gasteiger partial charge in [0.25, 0.3) is 5.91 Å². The van der Waals surface area contributed by atoms with E-state index in [0.29, 0.717) is 33.4 Å². The fourth-order valence-electron chi connectivity index (χ4n) is 3.23. The maximum Gasteiger partial charge on any atom is 0.259 e. The molecule has 1 amide bonds. The Morgan fingerprint density at radius 3 is 2.72 bits per heavy atom. The van der Waals surface area contributed by atoms with E-state index in [9.17, 15) is 4.79 Å². The Kier molecular flexibility index (Phi) is 5.30. The van der Waals surface area contributed by atoms with E-state index in [1.807, 2.05) is 37.3 Å². The van der Waals surface area contributed by atoms with E-state index in [1.165, 1.54) is 0 Å². The fourth-order valence-corrected chi connectivity index (χ4v) is 4.01. The van der Waals surface area contributed by atoms with Crippen LogP contribution in [0.5, 0.6) is 5.75 Å². The number of fused-ring (bicyclic) bond motifs is 1. The molecular formula is C22H17BrClN3O2. The number of hydrogen-bond donors (Lipinski definition) is 2. The summed E-state index contributed by atoms with van der Waals surface area (Å²) in [5, 5.41) is 3.46. The molecule has 5 nitrogen and oxygen atoms in total. The molecule has 0 aliphatic rings. The number of aryl methyl sites for hydroxylation is 1. The molecule has 0 bridgehead atoms. The summed E-state index contributed by atoms with van der Waals surface area (Å²) in [5.74, 6) is 0.907. The summed E-state index contributed by atoms with van der Waals surface area (Å²) in [6.45, 7) is 1.89. The molecular weight excluding hydrogens is 454 g/mol. The van der Waals surface area contributed by atoms with Gasteiger partial charge in [-0.05, 0) is 55.0 Å². The van der Waals surface area contributed by atoms with Crippen LogP contribution in [-0.4, -0.2) is 23.0 Å². The lowest BCUT2D eigenvalue weighted by Gasteiger charge is -2.13. The molecule has 146 valence electrons. The second-order valence-corrected chi connectivity index (χ2v) is 7.88. The highest BCUT2D eigenvalue weighted by Gasteiger charge is 2.17. The molecule has 0 radical (unpaired) electrons. The zero-order chi connectivity index (χ0) is 20.5. The molecule has 29 heavy (non-hydrogen) atoms. The number of anilines is 1. The molecule has 0 unspecified atom stereocenters. The van der Waals surface area contributed by atoms with Crippen LogP contribution in [0.3, 0.4) is 0 Å². The first-order chi connectivity index (χ1) is 14.0. The number of amides is 1. The Balaban J connectivity index is 1.69. The van der Waals surface area contributed by atoms with E-state index in [1.54, 1.807) is 31.4 Å². The van der Waals surface area contributed by atoms with Crippen molar-refractivity contribution >= 4 is 50.2 Å². The molecule has 0 atom stereocenters. The van der Waals surface area contributed by atoms with Gasteiger partial charge in [0.15, 0.2) is 0 Å². The van der Waals surface area contributed by atoms with Crippen molar-refractivity contribution in [3.63, 3.8) is 0 Å². The largest absolute Gasteiger partial charge is 0.496 e. The van der Waals surface area contributed by atoms with Crippen LogP contribution in [0.1, 0.15) is 15.9 Å². The zero-order valence-electron chi connectivity index (χ0n) is 15.7. The number of aromatic amines is 1. The topological polar surface area (TPSA) is 67.0 Å². The summed E-state index contributed by atoms with van der Waals surface area (Å²) in [4.78, 5) is 20.8. The van der Waals surface area contributed by atoms with Crippen LogP contribution in [0, 0.1) is 6.92 Å². The van der Waals surface area contributed by atoms with Crippen LogP contribution in [0.15, 0.2) is 59.1 Å². The first-order valence-electron chi connectivity index (χ1n) is 8.86. The Hall–Kier alpha value is -2.83. The number of benzene rings is 3. The van der Waals surface area contributed by atoms with Gasteiger partial charge >= 0.3 is 0 Å². The molecule has 0 spiro atoms. The number of H-pyrrole nitrogens is 1. The minimum atomic E-state index is -0.274. The van der Waals surface area contributed by atoms with Crippen molar-refractivity contribution in [2.75, 3.05) is 12.4 Å². The van der Waals surface area contributed by atoms with E-state index < -0.39 is 0 Å². The number of imidazole rings is 1. The van der Waals surface area contributed by atoms with Gasteiger partial charge in [0, 0.05) is 15.7 Å². The van der Waals surface area contributed by atoms with Crippen LogP contribution in [0.2, 0.25) is 5.02 Å². The van der Waals surface area contributed by atoms with Crippen LogP contribution >= 0.6 is 27.5 Å². The summed E-state index contributed by atoms with van der Waals surface area (Å²) >= 11 is 9.84. The lowest BCUT2D eigenvalue weighted by Crippen LogP contribution is -2.14. The summed E-state index contributed by atoms with van der Waals surface area (Å²) in [6.07, 6.45) is 0. The van der Waals surface area contributed by atoms with Gasteiger partial charge in [-0.3, -0.25) is 4.79 Å². The lowest BCUT2D eigenvalue weighted by molar-refractivity contribution is 0.102. The fraction of sp³-hybridized carbons (Fsp3) is 0.0909. The van der Waals surface area contributed by atoms with Crippen LogP contribution < -0.4 is 10.1 Å². The average Bonchev–Trinajstić information content (AvgIpc) is 3.12. The normalized spacial score (nSPS) is 10.9. The molecule has 0 aliphatic carbocycles. The number of hydrogen-bond acceptors (Lipinski definition) is 3. The first kappa shape index (κ1) is 19.5. The molecule has 0 fully saturated rings. The highest BCUT2D eigenvalue weighted by atomic mass is 79.9. The molecule has 0 aliphatic heterocycles. The number of rotatable bonds is 4. The number of carbonyl (C=O) groups excluding carboxylic acids is 1. The predicted molar refractivity (Wildman–Crippen MR) is 120 cm³/mol. The number of ether oxygens (including phenoxy) is 1. The van der Waals surface area contributed by atoms with Crippen molar-refractivity contribution < 1.29 is 9.53 Å². The smallest absolute Gasteiger partial charge is 0.259 e. The number of halogens is 2. The van der Waals surface area contributed by atoms with E-state index in [-0.39, 0.29) is 5.91 Å². The second kappa shape index (κ2) is 7.89. The molecule has 0 saturated carbocycles. The third-order valence-corrected chi connectivity index (χ3v) is 5.34. The van der Waals surface area contributed by atoms with Crippen LogP contribution in [0.4, 0.5) is 5.69 Å². The van der Waals surface area contributed by atoms with Gasteiger partial charge in [-0.1, -0.05) is 39.7 Å². The van der Waals surface area contributed by atoms with Crippen molar-refractivity contribution in [2.45, 2.75) is 6.92 Å². The standard InChI is InChI=1S/C22H17BrClN3O2/c1-12-9-13(23)10-16(20(12)29-2)22(28)25-14-7-8-17(24)15(11-14)21-26-18-5-3-4-6-19(18)27-21/h3-11H,1-2H3,(H,25,28)(H,26,27). The van der Waals surface area contributed by atoms with E-state index in [2.05, 4.69) is 31.2 Å². The van der Waals surface area contributed by atoms with Crippen molar-refractivity contribution in [3.05, 3.63) is 75.2 Å². The molecule has 2 N–H and O–H groups in total. The van der Waals surface area contributed by atoms with Gasteiger partial charge in [-0.25, -0.2) is 4.98 Å². The quantitative estimate of drug-likeness (QED) is 0.372. The Labute approximate surface area is 181 Å². The van der Waals surface area contributed by atoms with Gasteiger partial charge < -0.3 is 15.0 Å². The van der Waals surface area contributed by atoms with Crippen LogP contribution in [0.25, 0.3) is 22.4 Å². The molecule has 1 aromatic heterocycles. The number of carbonyl (C=O) groups is 1. The van der Waals surface area contributed by atoms with E-state index >= 15 is 0 Å². The van der Waals surface area contributed by atoms with Gasteiger partial charge in [-0.15, -0.1) is 0 Å². The summed E-state index contributed by atoms with van der Waals surface area (Å²) in [6, 6.07) is 16.7.